The fraction of sp³-hybridized carbons (Fsp3) is 0.500. The molecule has 0 aromatic heterocycles. The highest BCUT2D eigenvalue weighted by Gasteiger charge is 2.48. The Kier molecular flexibility index (Phi) is 5.35. The van der Waals surface area contributed by atoms with Crippen LogP contribution in [-0.2, 0) is 15.1 Å². The van der Waals surface area contributed by atoms with Gasteiger partial charge in [-0.1, -0.05) is 41.4 Å². The predicted octanol–water partition coefficient (Wildman–Crippen LogP) is 4.33. The summed E-state index contributed by atoms with van der Waals surface area (Å²) in [6.45, 7) is 1.55. The van der Waals surface area contributed by atoms with Gasteiger partial charge in [-0.05, 0) is 32.3 Å². The van der Waals surface area contributed by atoms with E-state index in [1.807, 2.05) is 6.07 Å². The number of ketones is 1. The average molecular weight is 344 g/mol. The van der Waals surface area contributed by atoms with Gasteiger partial charge in [0, 0.05) is 24.1 Å². The molecule has 1 saturated carbocycles. The summed E-state index contributed by atoms with van der Waals surface area (Å²) in [6, 6.07) is 7.13. The van der Waals surface area contributed by atoms with E-state index in [1.54, 1.807) is 32.2 Å². The maximum absolute atomic E-state index is 12.8. The number of ether oxygens (including phenoxy) is 1. The van der Waals surface area contributed by atoms with Crippen LogP contribution in [0.15, 0.2) is 24.3 Å². The first-order valence-corrected chi connectivity index (χ1v) is 8.08. The van der Waals surface area contributed by atoms with Crippen LogP contribution in [-0.4, -0.2) is 29.4 Å². The molecule has 4 nitrogen and oxygen atoms in total. The van der Waals surface area contributed by atoms with Gasteiger partial charge in [0.1, 0.15) is 5.54 Å². The topological polar surface area (TPSA) is 46.6 Å². The summed E-state index contributed by atoms with van der Waals surface area (Å²) in [5.74, 6) is -0.0199. The van der Waals surface area contributed by atoms with E-state index in [1.165, 1.54) is 4.90 Å². The van der Waals surface area contributed by atoms with Gasteiger partial charge in [0.15, 0.2) is 11.3 Å². The fourth-order valence-corrected chi connectivity index (χ4v) is 3.37. The van der Waals surface area contributed by atoms with Crippen LogP contribution in [0.25, 0.3) is 0 Å². The first kappa shape index (κ1) is 17.1. The van der Waals surface area contributed by atoms with E-state index in [9.17, 15) is 9.59 Å². The quantitative estimate of drug-likeness (QED) is 0.767. The lowest BCUT2D eigenvalue weighted by Crippen LogP contribution is -2.54. The molecule has 1 fully saturated rings. The molecule has 2 rings (SSSR count). The van der Waals surface area contributed by atoms with E-state index < -0.39 is 17.2 Å². The highest BCUT2D eigenvalue weighted by molar-refractivity contribution is 6.31. The van der Waals surface area contributed by atoms with Crippen molar-refractivity contribution < 1.29 is 14.3 Å². The molecule has 0 N–H and O–H groups in total. The fourth-order valence-electron chi connectivity index (χ4n) is 3.00. The number of hydrogen-bond donors (Lipinski definition) is 0. The molecule has 1 aromatic rings. The van der Waals surface area contributed by atoms with Crippen LogP contribution in [0.4, 0.5) is 4.79 Å². The smallest absolute Gasteiger partial charge is 0.412 e. The van der Waals surface area contributed by atoms with Crippen LogP contribution >= 0.6 is 23.2 Å². The second kappa shape index (κ2) is 6.88. The zero-order valence-electron chi connectivity index (χ0n) is 12.6. The summed E-state index contributed by atoms with van der Waals surface area (Å²) < 4.78 is 5.06. The van der Waals surface area contributed by atoms with Crippen molar-refractivity contribution in [3.05, 3.63) is 34.9 Å². The third-order valence-corrected chi connectivity index (χ3v) is 4.50. The maximum Gasteiger partial charge on any atom is 0.412 e. The third kappa shape index (κ3) is 3.08. The molecule has 2 unspecified atom stereocenters. The van der Waals surface area contributed by atoms with E-state index >= 15 is 0 Å². The maximum atomic E-state index is 12.8. The molecule has 0 heterocycles. The van der Waals surface area contributed by atoms with Crippen LogP contribution in [0.3, 0.4) is 0 Å². The number of nitrogens with zero attached hydrogens (tertiary/aromatic N) is 1. The lowest BCUT2D eigenvalue weighted by molar-refractivity contribution is -0.133. The summed E-state index contributed by atoms with van der Waals surface area (Å²) in [5.41, 5.74) is -1.21. The number of alkyl halides is 1. The Balaban J connectivity index is 2.49. The number of likely N-dealkylation sites (N-methyl/N-ethyl adjacent to an activating group) is 1. The Morgan fingerprint density at radius 1 is 1.36 bits per heavy atom. The van der Waals surface area contributed by atoms with Crippen LogP contribution in [0.2, 0.25) is 5.02 Å². The van der Waals surface area contributed by atoms with E-state index in [4.69, 9.17) is 27.9 Å². The van der Waals surface area contributed by atoms with Gasteiger partial charge in [-0.15, -0.1) is 0 Å². The van der Waals surface area contributed by atoms with E-state index in [2.05, 4.69) is 0 Å². The number of amides is 1. The average Bonchev–Trinajstić information content (AvgIpc) is 2.47. The van der Waals surface area contributed by atoms with Gasteiger partial charge in [-0.3, -0.25) is 9.69 Å². The number of benzene rings is 1. The van der Waals surface area contributed by atoms with Gasteiger partial charge in [0.05, 0.1) is 0 Å². The lowest BCUT2D eigenvalue weighted by Gasteiger charge is -2.43. The first-order valence-electron chi connectivity index (χ1n) is 7.26. The molecule has 6 heteroatoms. The SMILES string of the molecule is CC(Cl)OC(=O)N(C)C1(c2ccccc2Cl)CCCCC1=O. The normalized spacial score (nSPS) is 23.0. The van der Waals surface area contributed by atoms with Crippen LogP contribution < -0.4 is 0 Å². The molecule has 1 aliphatic rings. The molecule has 0 aliphatic heterocycles. The number of hydrogen-bond acceptors (Lipinski definition) is 3. The highest BCUT2D eigenvalue weighted by atomic mass is 35.5. The number of Topliss-reactive ketones (excluding diaryl/α,β-unsaturated/α-hetero) is 1. The second-order valence-corrected chi connectivity index (χ2v) is 6.48. The predicted molar refractivity (Wildman–Crippen MR) is 86.2 cm³/mol. The first-order chi connectivity index (χ1) is 10.4. The van der Waals surface area contributed by atoms with E-state index in [0.717, 1.165) is 12.8 Å². The van der Waals surface area contributed by atoms with E-state index in [-0.39, 0.29) is 5.78 Å². The van der Waals surface area contributed by atoms with Crippen molar-refractivity contribution in [2.75, 3.05) is 7.05 Å². The van der Waals surface area contributed by atoms with Crippen LogP contribution in [0, 0.1) is 0 Å². The molecule has 0 bridgehead atoms. The molecule has 22 heavy (non-hydrogen) atoms. The number of carbonyl (C=O) groups is 2. The Morgan fingerprint density at radius 2 is 2.05 bits per heavy atom. The molecule has 0 spiro atoms. The molecular formula is C16H19Cl2NO3. The minimum absolute atomic E-state index is 0.0199. The molecule has 0 saturated heterocycles. The Hall–Kier alpha value is -1.26. The molecular weight excluding hydrogens is 325 g/mol. The van der Waals surface area contributed by atoms with Crippen molar-refractivity contribution >= 4 is 35.1 Å². The molecule has 1 amide bonds. The van der Waals surface area contributed by atoms with Crippen LogP contribution in [0.1, 0.15) is 38.2 Å². The van der Waals surface area contributed by atoms with Crippen molar-refractivity contribution in [3.8, 4) is 0 Å². The summed E-state index contributed by atoms with van der Waals surface area (Å²) in [4.78, 5) is 26.4. The zero-order valence-corrected chi connectivity index (χ0v) is 14.2. The third-order valence-electron chi connectivity index (χ3n) is 4.08. The molecule has 0 radical (unpaired) electrons. The standard InChI is InChI=1S/C16H19Cl2NO3/c1-11(17)22-15(21)19(2)16(10-6-5-9-14(16)20)12-7-3-4-8-13(12)18/h3-4,7-8,11H,5-6,9-10H2,1-2H3. The number of rotatable bonds is 3. The summed E-state index contributed by atoms with van der Waals surface area (Å²) >= 11 is 12.0. The summed E-state index contributed by atoms with van der Waals surface area (Å²) in [6.07, 6.45) is 1.97. The Morgan fingerprint density at radius 3 is 2.64 bits per heavy atom. The number of carbonyl (C=O) groups excluding carboxylic acids is 2. The summed E-state index contributed by atoms with van der Waals surface area (Å²) in [5, 5.41) is 0.469. The van der Waals surface area contributed by atoms with Crippen molar-refractivity contribution in [1.29, 1.82) is 0 Å². The highest BCUT2D eigenvalue weighted by Crippen LogP contribution is 2.42. The second-order valence-electron chi connectivity index (χ2n) is 5.46. The molecule has 2 atom stereocenters. The van der Waals surface area contributed by atoms with Crippen molar-refractivity contribution in [3.63, 3.8) is 0 Å². The van der Waals surface area contributed by atoms with Gasteiger partial charge in [-0.2, -0.15) is 0 Å². The van der Waals surface area contributed by atoms with Crippen molar-refractivity contribution in [2.45, 2.75) is 43.7 Å². The Bertz CT molecular complexity index is 576. The lowest BCUT2D eigenvalue weighted by atomic mass is 9.74. The van der Waals surface area contributed by atoms with E-state index in [0.29, 0.717) is 23.4 Å². The number of halogens is 2. The van der Waals surface area contributed by atoms with Crippen molar-refractivity contribution in [2.24, 2.45) is 0 Å². The molecule has 1 aromatic carbocycles. The minimum atomic E-state index is -1.08. The summed E-state index contributed by atoms with van der Waals surface area (Å²) in [7, 11) is 1.56. The zero-order chi connectivity index (χ0) is 16.3. The largest absolute Gasteiger partial charge is 0.430 e. The minimum Gasteiger partial charge on any atom is -0.430 e. The van der Waals surface area contributed by atoms with Crippen molar-refractivity contribution in [1.82, 2.24) is 4.90 Å². The monoisotopic (exact) mass is 343 g/mol. The van der Waals surface area contributed by atoms with Gasteiger partial charge >= 0.3 is 6.09 Å². The van der Waals surface area contributed by atoms with Gasteiger partial charge in [0.2, 0.25) is 0 Å². The van der Waals surface area contributed by atoms with Gasteiger partial charge < -0.3 is 4.74 Å². The van der Waals surface area contributed by atoms with Gasteiger partial charge in [0.25, 0.3) is 0 Å². The molecule has 120 valence electrons. The van der Waals surface area contributed by atoms with Gasteiger partial charge in [-0.25, -0.2) is 4.79 Å². The van der Waals surface area contributed by atoms with Crippen LogP contribution in [0.5, 0.6) is 0 Å². The molecule has 1 aliphatic carbocycles. The Labute approximate surface area is 140 Å².